The van der Waals surface area contributed by atoms with Crippen LogP contribution in [0.15, 0.2) is 0 Å². The van der Waals surface area contributed by atoms with Crippen LogP contribution in [0.5, 0.6) is 0 Å². The number of hydrazine groups is 1. The van der Waals surface area contributed by atoms with E-state index in [1.807, 2.05) is 0 Å². The Labute approximate surface area is 74.6 Å². The third-order valence-corrected chi connectivity index (χ3v) is 2.53. The Morgan fingerprint density at radius 3 is 2.75 bits per heavy atom. The number of hydrogen-bond acceptors (Lipinski definition) is 3. The van der Waals surface area contributed by atoms with Crippen molar-refractivity contribution in [3.63, 3.8) is 0 Å². The molecule has 3 nitrogen and oxygen atoms in total. The minimum atomic E-state index is 0.338. The zero-order chi connectivity index (χ0) is 8.97. The van der Waals surface area contributed by atoms with Gasteiger partial charge in [-0.25, -0.2) is 0 Å². The Morgan fingerprint density at radius 1 is 1.58 bits per heavy atom. The molecule has 1 heterocycles. The summed E-state index contributed by atoms with van der Waals surface area (Å²) in [6.07, 6.45) is 5.34. The van der Waals surface area contributed by atoms with Crippen LogP contribution in [-0.4, -0.2) is 18.2 Å². The van der Waals surface area contributed by atoms with E-state index in [0.717, 1.165) is 19.3 Å². The fourth-order valence-corrected chi connectivity index (χ4v) is 1.82. The molecule has 3 N–H and O–H groups in total. The van der Waals surface area contributed by atoms with Gasteiger partial charge >= 0.3 is 0 Å². The average molecular weight is 172 g/mol. The van der Waals surface area contributed by atoms with Crippen LogP contribution in [0, 0.1) is 0 Å². The molecule has 0 amide bonds. The molecule has 0 aromatic heterocycles. The molecule has 0 saturated carbocycles. The Kier molecular flexibility index (Phi) is 3.98. The average Bonchev–Trinajstić information content (AvgIpc) is 2.47. The molecule has 1 aliphatic heterocycles. The number of rotatable bonds is 4. The number of hydrogen-bond donors (Lipinski definition) is 2. The zero-order valence-corrected chi connectivity index (χ0v) is 8.05. The first-order valence-corrected chi connectivity index (χ1v) is 4.89. The molecule has 0 radical (unpaired) electrons. The summed E-state index contributed by atoms with van der Waals surface area (Å²) in [4.78, 5) is 0. The standard InChI is InChI=1S/C9H20N2O/c1-3-4-8(11-10)9-6-5-7(2)12-9/h7-9,11H,3-6,10H2,1-2H3. The lowest BCUT2D eigenvalue weighted by Gasteiger charge is -2.21. The van der Waals surface area contributed by atoms with E-state index < -0.39 is 0 Å². The van der Waals surface area contributed by atoms with Gasteiger partial charge in [0.2, 0.25) is 0 Å². The SMILES string of the molecule is CCCC(NN)C1CCC(C)O1. The first kappa shape index (κ1) is 9.96. The van der Waals surface area contributed by atoms with E-state index in [4.69, 9.17) is 10.6 Å². The van der Waals surface area contributed by atoms with Crippen molar-refractivity contribution < 1.29 is 4.74 Å². The third-order valence-electron chi connectivity index (χ3n) is 2.53. The van der Waals surface area contributed by atoms with Gasteiger partial charge in [-0.2, -0.15) is 0 Å². The number of ether oxygens (including phenoxy) is 1. The minimum absolute atomic E-state index is 0.338. The molecule has 1 aliphatic rings. The van der Waals surface area contributed by atoms with E-state index in [0.29, 0.717) is 18.2 Å². The molecule has 1 rings (SSSR count). The highest BCUT2D eigenvalue weighted by molar-refractivity contribution is 4.80. The molecule has 0 bridgehead atoms. The number of nitrogens with one attached hydrogen (secondary N) is 1. The molecule has 3 heteroatoms. The molecule has 3 atom stereocenters. The second-order valence-corrected chi connectivity index (χ2v) is 3.62. The molecular weight excluding hydrogens is 152 g/mol. The summed E-state index contributed by atoms with van der Waals surface area (Å²) < 4.78 is 5.72. The van der Waals surface area contributed by atoms with Crippen LogP contribution in [0.2, 0.25) is 0 Å². The fourth-order valence-electron chi connectivity index (χ4n) is 1.82. The van der Waals surface area contributed by atoms with Crippen molar-refractivity contribution in [2.75, 3.05) is 0 Å². The van der Waals surface area contributed by atoms with Gasteiger partial charge < -0.3 is 4.74 Å². The molecule has 0 aromatic carbocycles. The van der Waals surface area contributed by atoms with Crippen LogP contribution in [-0.2, 0) is 4.74 Å². The molecule has 12 heavy (non-hydrogen) atoms. The van der Waals surface area contributed by atoms with E-state index >= 15 is 0 Å². The van der Waals surface area contributed by atoms with Gasteiger partial charge in [-0.1, -0.05) is 13.3 Å². The first-order valence-electron chi connectivity index (χ1n) is 4.89. The van der Waals surface area contributed by atoms with Crippen LogP contribution < -0.4 is 11.3 Å². The van der Waals surface area contributed by atoms with E-state index in [9.17, 15) is 0 Å². The maximum Gasteiger partial charge on any atom is 0.0746 e. The monoisotopic (exact) mass is 172 g/mol. The lowest BCUT2D eigenvalue weighted by atomic mass is 10.0. The second-order valence-electron chi connectivity index (χ2n) is 3.62. The molecule has 0 spiro atoms. The fraction of sp³-hybridized carbons (Fsp3) is 1.00. The number of nitrogens with two attached hydrogens (primary N) is 1. The van der Waals surface area contributed by atoms with Crippen molar-refractivity contribution in [3.05, 3.63) is 0 Å². The van der Waals surface area contributed by atoms with Crippen LogP contribution >= 0.6 is 0 Å². The molecule has 72 valence electrons. The van der Waals surface area contributed by atoms with Crippen molar-refractivity contribution in [1.82, 2.24) is 5.43 Å². The summed E-state index contributed by atoms with van der Waals surface area (Å²) in [6, 6.07) is 0.347. The quantitative estimate of drug-likeness (QED) is 0.494. The van der Waals surface area contributed by atoms with Gasteiger partial charge in [0.1, 0.15) is 0 Å². The maximum atomic E-state index is 5.72. The predicted molar refractivity (Wildman–Crippen MR) is 49.6 cm³/mol. The molecule has 1 fully saturated rings. The topological polar surface area (TPSA) is 47.3 Å². The van der Waals surface area contributed by atoms with Crippen LogP contribution in [0.1, 0.15) is 39.5 Å². The highest BCUT2D eigenvalue weighted by Crippen LogP contribution is 2.23. The summed E-state index contributed by atoms with van der Waals surface area (Å²) in [5.41, 5.74) is 2.84. The van der Waals surface area contributed by atoms with Gasteiger partial charge in [0.25, 0.3) is 0 Å². The zero-order valence-electron chi connectivity index (χ0n) is 8.05. The third kappa shape index (κ3) is 2.44. The molecular formula is C9H20N2O. The van der Waals surface area contributed by atoms with Gasteiger partial charge in [0.05, 0.1) is 12.2 Å². The first-order chi connectivity index (χ1) is 5.77. The largest absolute Gasteiger partial charge is 0.374 e. The second kappa shape index (κ2) is 4.80. The summed E-state index contributed by atoms with van der Waals surface area (Å²) in [7, 11) is 0. The van der Waals surface area contributed by atoms with Gasteiger partial charge in [-0.05, 0) is 26.2 Å². The van der Waals surface area contributed by atoms with E-state index in [-0.39, 0.29) is 0 Å². The highest BCUT2D eigenvalue weighted by Gasteiger charge is 2.28. The van der Waals surface area contributed by atoms with Crippen LogP contribution in [0.3, 0.4) is 0 Å². The summed E-state index contributed by atoms with van der Waals surface area (Å²) in [5.74, 6) is 5.45. The van der Waals surface area contributed by atoms with Crippen molar-refractivity contribution in [2.24, 2.45) is 5.84 Å². The smallest absolute Gasteiger partial charge is 0.0746 e. The van der Waals surface area contributed by atoms with E-state index in [2.05, 4.69) is 19.3 Å². The molecule has 0 aromatic rings. The summed E-state index contributed by atoms with van der Waals surface area (Å²) >= 11 is 0. The van der Waals surface area contributed by atoms with Crippen LogP contribution in [0.4, 0.5) is 0 Å². The van der Waals surface area contributed by atoms with E-state index in [1.54, 1.807) is 0 Å². The van der Waals surface area contributed by atoms with Gasteiger partial charge in [-0.15, -0.1) is 0 Å². The lowest BCUT2D eigenvalue weighted by Crippen LogP contribution is -2.43. The van der Waals surface area contributed by atoms with E-state index in [1.165, 1.54) is 6.42 Å². The van der Waals surface area contributed by atoms with Gasteiger partial charge in [-0.3, -0.25) is 11.3 Å². The van der Waals surface area contributed by atoms with Gasteiger partial charge in [0.15, 0.2) is 0 Å². The lowest BCUT2D eigenvalue weighted by molar-refractivity contribution is 0.0299. The maximum absolute atomic E-state index is 5.72. The molecule has 3 unspecified atom stereocenters. The Balaban J connectivity index is 2.33. The Hall–Kier alpha value is -0.120. The highest BCUT2D eigenvalue weighted by atomic mass is 16.5. The van der Waals surface area contributed by atoms with Crippen molar-refractivity contribution in [3.8, 4) is 0 Å². The summed E-state index contributed by atoms with van der Waals surface area (Å²) in [6.45, 7) is 4.29. The minimum Gasteiger partial charge on any atom is -0.374 e. The summed E-state index contributed by atoms with van der Waals surface area (Å²) in [5, 5.41) is 0. The predicted octanol–water partition coefficient (Wildman–Crippen LogP) is 1.19. The Morgan fingerprint density at radius 2 is 2.33 bits per heavy atom. The van der Waals surface area contributed by atoms with Crippen molar-refractivity contribution in [2.45, 2.75) is 57.8 Å². The van der Waals surface area contributed by atoms with Crippen molar-refractivity contribution >= 4 is 0 Å². The van der Waals surface area contributed by atoms with Gasteiger partial charge in [0, 0.05) is 6.04 Å². The molecule has 0 aliphatic carbocycles. The molecule has 1 saturated heterocycles. The normalized spacial score (nSPS) is 32.2. The van der Waals surface area contributed by atoms with Crippen LogP contribution in [0.25, 0.3) is 0 Å². The Bertz CT molecular complexity index is 128. The van der Waals surface area contributed by atoms with Crippen molar-refractivity contribution in [1.29, 1.82) is 0 Å².